The molecule has 5 nitrogen and oxygen atoms in total. The molecule has 106 valence electrons. The summed E-state index contributed by atoms with van der Waals surface area (Å²) in [5.74, 6) is 2.05. The number of hydrogen-bond acceptors (Lipinski definition) is 4. The Hall–Kier alpha value is -1.56. The maximum absolute atomic E-state index is 12.0. The molecule has 1 atom stereocenters. The van der Waals surface area contributed by atoms with Crippen LogP contribution in [0.5, 0.6) is 0 Å². The van der Waals surface area contributed by atoms with Crippen LogP contribution < -0.4 is 0 Å². The van der Waals surface area contributed by atoms with E-state index in [1.165, 1.54) is 0 Å². The van der Waals surface area contributed by atoms with Crippen molar-refractivity contribution in [3.05, 3.63) is 30.2 Å². The molecule has 0 aromatic carbocycles. The fourth-order valence-electron chi connectivity index (χ4n) is 2.77. The molecule has 0 saturated carbocycles. The van der Waals surface area contributed by atoms with Crippen molar-refractivity contribution in [1.29, 1.82) is 0 Å². The van der Waals surface area contributed by atoms with Crippen LogP contribution in [-0.2, 0) is 4.79 Å². The summed E-state index contributed by atoms with van der Waals surface area (Å²) < 4.78 is 2.03. The van der Waals surface area contributed by atoms with Gasteiger partial charge in [0.25, 0.3) is 0 Å². The molecule has 1 amide bonds. The zero-order chi connectivity index (χ0) is 13.9. The van der Waals surface area contributed by atoms with Crippen LogP contribution in [0.15, 0.2) is 24.4 Å². The zero-order valence-corrected chi connectivity index (χ0v) is 12.3. The van der Waals surface area contributed by atoms with Gasteiger partial charge in [-0.25, -0.2) is 0 Å². The molecule has 1 aliphatic rings. The van der Waals surface area contributed by atoms with Crippen LogP contribution in [0, 0.1) is 0 Å². The molecule has 0 N–H and O–H groups in total. The second-order valence-corrected chi connectivity index (χ2v) is 5.96. The molecule has 1 fully saturated rings. The monoisotopic (exact) mass is 290 g/mol. The molecule has 0 spiro atoms. The summed E-state index contributed by atoms with van der Waals surface area (Å²) in [5, 5.41) is 8.53. The van der Waals surface area contributed by atoms with Crippen LogP contribution in [0.1, 0.15) is 24.6 Å². The number of amides is 1. The van der Waals surface area contributed by atoms with E-state index in [-0.39, 0.29) is 11.8 Å². The van der Waals surface area contributed by atoms with Crippen molar-refractivity contribution in [3.63, 3.8) is 0 Å². The van der Waals surface area contributed by atoms with Gasteiger partial charge in [0.15, 0.2) is 5.65 Å². The second-order valence-electron chi connectivity index (χ2n) is 5.10. The highest BCUT2D eigenvalue weighted by molar-refractivity contribution is 7.99. The minimum absolute atomic E-state index is 0.232. The number of rotatable bonds is 3. The maximum Gasteiger partial charge on any atom is 0.232 e. The molecule has 0 aliphatic carbocycles. The summed E-state index contributed by atoms with van der Waals surface area (Å²) in [4.78, 5) is 14.0. The SMILES string of the molecule is CSCC(=O)N1CCCC(c2nnc3ccccn23)C1. The quantitative estimate of drug-likeness (QED) is 0.865. The van der Waals surface area contributed by atoms with Crippen LogP contribution in [-0.4, -0.2) is 50.5 Å². The van der Waals surface area contributed by atoms with Gasteiger partial charge >= 0.3 is 0 Å². The minimum atomic E-state index is 0.232. The number of likely N-dealkylation sites (tertiary alicyclic amines) is 1. The van der Waals surface area contributed by atoms with Gasteiger partial charge in [0, 0.05) is 25.2 Å². The largest absolute Gasteiger partial charge is 0.341 e. The molecule has 1 saturated heterocycles. The Morgan fingerprint density at radius 1 is 1.45 bits per heavy atom. The Morgan fingerprint density at radius 3 is 3.20 bits per heavy atom. The molecule has 6 heteroatoms. The normalized spacial score (nSPS) is 19.4. The molecule has 1 aliphatic heterocycles. The van der Waals surface area contributed by atoms with E-state index in [9.17, 15) is 4.79 Å². The van der Waals surface area contributed by atoms with E-state index in [2.05, 4.69) is 10.2 Å². The van der Waals surface area contributed by atoms with Crippen LogP contribution in [0.2, 0.25) is 0 Å². The fourth-order valence-corrected chi connectivity index (χ4v) is 3.20. The fraction of sp³-hybridized carbons (Fsp3) is 0.500. The highest BCUT2D eigenvalue weighted by Gasteiger charge is 2.27. The van der Waals surface area contributed by atoms with E-state index >= 15 is 0 Å². The minimum Gasteiger partial charge on any atom is -0.341 e. The first-order valence-corrected chi connectivity index (χ1v) is 8.25. The molecule has 0 radical (unpaired) electrons. The first-order valence-electron chi connectivity index (χ1n) is 6.86. The van der Waals surface area contributed by atoms with Gasteiger partial charge in [-0.05, 0) is 31.2 Å². The lowest BCUT2D eigenvalue weighted by atomic mass is 9.97. The Kier molecular flexibility index (Phi) is 3.91. The maximum atomic E-state index is 12.0. The van der Waals surface area contributed by atoms with Crippen molar-refractivity contribution in [1.82, 2.24) is 19.5 Å². The van der Waals surface area contributed by atoms with Crippen LogP contribution in [0.4, 0.5) is 0 Å². The molecule has 1 unspecified atom stereocenters. The van der Waals surface area contributed by atoms with Crippen molar-refractivity contribution >= 4 is 23.3 Å². The summed E-state index contributed by atoms with van der Waals surface area (Å²) in [6, 6.07) is 5.90. The van der Waals surface area contributed by atoms with Crippen LogP contribution >= 0.6 is 11.8 Å². The van der Waals surface area contributed by atoms with Gasteiger partial charge in [0.2, 0.25) is 5.91 Å². The summed E-state index contributed by atoms with van der Waals surface area (Å²) in [5.41, 5.74) is 0.870. The molecule has 2 aromatic heterocycles. The number of hydrogen-bond donors (Lipinski definition) is 0. The van der Waals surface area contributed by atoms with Gasteiger partial charge in [-0.3, -0.25) is 9.20 Å². The molecule has 20 heavy (non-hydrogen) atoms. The smallest absolute Gasteiger partial charge is 0.232 e. The van der Waals surface area contributed by atoms with E-state index in [1.807, 2.05) is 40.0 Å². The summed E-state index contributed by atoms with van der Waals surface area (Å²) >= 11 is 1.58. The van der Waals surface area contributed by atoms with E-state index in [1.54, 1.807) is 11.8 Å². The number of aromatic nitrogens is 3. The number of piperidine rings is 1. The molecule has 3 heterocycles. The molecule has 2 aromatic rings. The van der Waals surface area contributed by atoms with Gasteiger partial charge < -0.3 is 4.90 Å². The predicted octanol–water partition coefficient (Wildman–Crippen LogP) is 1.80. The molecule has 3 rings (SSSR count). The molecule has 0 bridgehead atoms. The number of fused-ring (bicyclic) bond motifs is 1. The number of carbonyl (C=O) groups excluding carboxylic acids is 1. The number of thioether (sulfide) groups is 1. The summed E-state index contributed by atoms with van der Waals surface area (Å²) in [6.07, 6.45) is 6.06. The highest BCUT2D eigenvalue weighted by Crippen LogP contribution is 2.26. The summed E-state index contributed by atoms with van der Waals surface area (Å²) in [6.45, 7) is 1.63. The van der Waals surface area contributed by atoms with Crippen LogP contribution in [0.25, 0.3) is 5.65 Å². The first kappa shape index (κ1) is 13.4. The standard InChI is InChI=1S/C14H18N4OS/c1-20-10-13(19)17-7-4-5-11(9-17)14-16-15-12-6-2-3-8-18(12)14/h2-3,6,8,11H,4-5,7,9-10H2,1H3. The second kappa shape index (κ2) is 5.83. The topological polar surface area (TPSA) is 50.5 Å². The Morgan fingerprint density at radius 2 is 2.35 bits per heavy atom. The predicted molar refractivity (Wildman–Crippen MR) is 79.9 cm³/mol. The average Bonchev–Trinajstić information content (AvgIpc) is 2.91. The molecular formula is C14H18N4OS. The van der Waals surface area contributed by atoms with Gasteiger partial charge in [-0.2, -0.15) is 11.8 Å². The Balaban J connectivity index is 1.81. The third-order valence-electron chi connectivity index (χ3n) is 3.75. The first-order chi connectivity index (χ1) is 9.79. The third-order valence-corrected chi connectivity index (χ3v) is 4.28. The number of nitrogens with zero attached hydrogens (tertiary/aromatic N) is 4. The molecular weight excluding hydrogens is 272 g/mol. The van der Waals surface area contributed by atoms with Crippen LogP contribution in [0.3, 0.4) is 0 Å². The van der Waals surface area contributed by atoms with E-state index in [4.69, 9.17) is 0 Å². The Labute approximate surface area is 122 Å². The van der Waals surface area contributed by atoms with Crippen molar-refractivity contribution in [2.75, 3.05) is 25.1 Å². The lowest BCUT2D eigenvalue weighted by Crippen LogP contribution is -2.40. The third kappa shape index (κ3) is 2.52. The van der Waals surface area contributed by atoms with Crippen molar-refractivity contribution in [3.8, 4) is 0 Å². The zero-order valence-electron chi connectivity index (χ0n) is 11.5. The van der Waals surface area contributed by atoms with Gasteiger partial charge in [0.05, 0.1) is 5.75 Å². The van der Waals surface area contributed by atoms with Gasteiger partial charge in [-0.1, -0.05) is 6.07 Å². The van der Waals surface area contributed by atoms with E-state index in [0.717, 1.165) is 37.4 Å². The van der Waals surface area contributed by atoms with E-state index < -0.39 is 0 Å². The lowest BCUT2D eigenvalue weighted by molar-refractivity contribution is -0.129. The lowest BCUT2D eigenvalue weighted by Gasteiger charge is -2.31. The number of carbonyl (C=O) groups is 1. The number of pyridine rings is 1. The van der Waals surface area contributed by atoms with Crippen molar-refractivity contribution in [2.24, 2.45) is 0 Å². The van der Waals surface area contributed by atoms with E-state index in [0.29, 0.717) is 5.75 Å². The Bertz CT molecular complexity index is 612. The van der Waals surface area contributed by atoms with Crippen molar-refractivity contribution < 1.29 is 4.79 Å². The summed E-state index contributed by atoms with van der Waals surface area (Å²) in [7, 11) is 0. The highest BCUT2D eigenvalue weighted by atomic mass is 32.2. The van der Waals surface area contributed by atoms with Crippen molar-refractivity contribution in [2.45, 2.75) is 18.8 Å². The van der Waals surface area contributed by atoms with Gasteiger partial charge in [-0.15, -0.1) is 10.2 Å². The van der Waals surface area contributed by atoms with Gasteiger partial charge in [0.1, 0.15) is 5.82 Å². The average molecular weight is 290 g/mol.